The molecule has 3 aromatic heterocycles. The van der Waals surface area contributed by atoms with Crippen molar-refractivity contribution in [2.75, 3.05) is 0 Å². The number of nitrogens with one attached hydrogen (secondary N) is 1. The van der Waals surface area contributed by atoms with E-state index in [2.05, 4.69) is 25.4 Å². The molecule has 0 spiro atoms. The van der Waals surface area contributed by atoms with Crippen molar-refractivity contribution < 1.29 is 13.2 Å². The molecule has 1 atom stereocenters. The van der Waals surface area contributed by atoms with Gasteiger partial charge in [-0.15, -0.1) is 10.2 Å². The molecule has 1 unspecified atom stereocenters. The Morgan fingerprint density at radius 1 is 1.14 bits per heavy atom. The molecule has 4 aromatic rings. The summed E-state index contributed by atoms with van der Waals surface area (Å²) in [6.45, 7) is 1.93. The van der Waals surface area contributed by atoms with Crippen LogP contribution in [0.15, 0.2) is 36.5 Å². The maximum Gasteiger partial charge on any atom is 0.416 e. The second kappa shape index (κ2) is 5.88. The van der Waals surface area contributed by atoms with Gasteiger partial charge in [-0.05, 0) is 37.1 Å². The average molecular weight is 384 g/mol. The van der Waals surface area contributed by atoms with Gasteiger partial charge in [-0.1, -0.05) is 12.1 Å². The van der Waals surface area contributed by atoms with Crippen LogP contribution in [0.25, 0.3) is 22.4 Å². The van der Waals surface area contributed by atoms with E-state index in [1.165, 1.54) is 12.1 Å². The lowest BCUT2D eigenvalue weighted by Crippen LogP contribution is -2.10. The minimum Gasteiger partial charge on any atom is -0.302 e. The van der Waals surface area contributed by atoms with Crippen LogP contribution in [0, 0.1) is 6.92 Å². The number of hydrogen-bond acceptors (Lipinski definition) is 4. The third kappa shape index (κ3) is 2.57. The van der Waals surface area contributed by atoms with Gasteiger partial charge in [-0.25, -0.2) is 0 Å². The fourth-order valence-corrected chi connectivity index (χ4v) is 3.77. The highest BCUT2D eigenvalue weighted by Gasteiger charge is 2.32. The molecule has 28 heavy (non-hydrogen) atoms. The first-order chi connectivity index (χ1) is 13.4. The zero-order valence-electron chi connectivity index (χ0n) is 14.8. The summed E-state index contributed by atoms with van der Waals surface area (Å²) < 4.78 is 40.6. The number of benzene rings is 1. The van der Waals surface area contributed by atoms with E-state index in [0.29, 0.717) is 17.9 Å². The Balaban J connectivity index is 1.57. The normalized spacial score (nSPS) is 16.6. The van der Waals surface area contributed by atoms with Gasteiger partial charge >= 0.3 is 6.18 Å². The van der Waals surface area contributed by atoms with Crippen molar-refractivity contribution in [3.63, 3.8) is 0 Å². The minimum atomic E-state index is -4.34. The van der Waals surface area contributed by atoms with E-state index < -0.39 is 11.7 Å². The first-order valence-electron chi connectivity index (χ1n) is 8.84. The molecule has 0 saturated carbocycles. The van der Waals surface area contributed by atoms with E-state index in [1.807, 2.05) is 17.6 Å². The molecule has 0 fully saturated rings. The van der Waals surface area contributed by atoms with Crippen LogP contribution in [0.4, 0.5) is 13.2 Å². The molecule has 0 bridgehead atoms. The maximum atomic E-state index is 12.9. The van der Waals surface area contributed by atoms with Gasteiger partial charge in [0.1, 0.15) is 17.0 Å². The lowest BCUT2D eigenvalue weighted by Gasteiger charge is -2.16. The molecule has 9 heteroatoms. The van der Waals surface area contributed by atoms with E-state index in [-0.39, 0.29) is 6.04 Å². The zero-order chi connectivity index (χ0) is 19.5. The fourth-order valence-electron chi connectivity index (χ4n) is 3.77. The number of aromatic amines is 1. The van der Waals surface area contributed by atoms with E-state index >= 15 is 0 Å². The summed E-state index contributed by atoms with van der Waals surface area (Å²) in [7, 11) is 0. The number of aryl methyl sites for hydroxylation is 2. The Labute approximate surface area is 157 Å². The molecule has 0 amide bonds. The predicted octanol–water partition coefficient (Wildman–Crippen LogP) is 4.08. The Kier molecular flexibility index (Phi) is 3.55. The maximum absolute atomic E-state index is 12.9. The van der Waals surface area contributed by atoms with Crippen LogP contribution in [-0.4, -0.2) is 29.9 Å². The van der Waals surface area contributed by atoms with Gasteiger partial charge in [0.15, 0.2) is 5.82 Å². The number of pyridine rings is 1. The number of fused-ring (bicyclic) bond motifs is 2. The Morgan fingerprint density at radius 3 is 2.68 bits per heavy atom. The van der Waals surface area contributed by atoms with E-state index in [9.17, 15) is 13.2 Å². The van der Waals surface area contributed by atoms with Gasteiger partial charge in [-0.2, -0.15) is 18.3 Å². The van der Waals surface area contributed by atoms with Gasteiger partial charge in [0.25, 0.3) is 0 Å². The van der Waals surface area contributed by atoms with Crippen molar-refractivity contribution in [1.82, 2.24) is 29.9 Å². The molecule has 6 nitrogen and oxygen atoms in total. The highest BCUT2D eigenvalue weighted by molar-refractivity contribution is 5.83. The summed E-state index contributed by atoms with van der Waals surface area (Å²) in [5.74, 6) is 1.42. The van der Waals surface area contributed by atoms with Crippen LogP contribution in [0.5, 0.6) is 0 Å². The van der Waals surface area contributed by atoms with Crippen LogP contribution in [-0.2, 0) is 12.6 Å². The fraction of sp³-hybridized carbons (Fsp3) is 0.263. The van der Waals surface area contributed by atoms with Crippen molar-refractivity contribution >= 4 is 10.9 Å². The number of alkyl halides is 3. The van der Waals surface area contributed by atoms with Crippen LogP contribution in [0.3, 0.4) is 0 Å². The molecule has 5 rings (SSSR count). The highest BCUT2D eigenvalue weighted by Crippen LogP contribution is 2.37. The SMILES string of the molecule is Cc1[nH]nc2cnc(-c3nnc4n3C(c3ccc(C(F)(F)F)cc3)CC4)cc12. The molecule has 0 radical (unpaired) electrons. The molecular formula is C19H15F3N6. The van der Waals surface area contributed by atoms with Gasteiger partial charge in [0.2, 0.25) is 0 Å². The molecule has 1 N–H and O–H groups in total. The van der Waals surface area contributed by atoms with Gasteiger partial charge in [-0.3, -0.25) is 10.1 Å². The number of rotatable bonds is 2. The van der Waals surface area contributed by atoms with Crippen molar-refractivity contribution in [3.8, 4) is 11.5 Å². The van der Waals surface area contributed by atoms with E-state index in [4.69, 9.17) is 0 Å². The van der Waals surface area contributed by atoms with E-state index in [1.54, 1.807) is 6.20 Å². The Hall–Kier alpha value is -3.23. The molecule has 0 aliphatic carbocycles. The molecule has 4 heterocycles. The zero-order valence-corrected chi connectivity index (χ0v) is 14.8. The smallest absolute Gasteiger partial charge is 0.302 e. The van der Waals surface area contributed by atoms with Crippen LogP contribution in [0.1, 0.15) is 35.1 Å². The highest BCUT2D eigenvalue weighted by atomic mass is 19.4. The molecule has 1 aromatic carbocycles. The molecule has 1 aliphatic rings. The first kappa shape index (κ1) is 16.9. The van der Waals surface area contributed by atoms with Crippen molar-refractivity contribution in [2.24, 2.45) is 0 Å². The number of hydrogen-bond donors (Lipinski definition) is 1. The molecule has 1 aliphatic heterocycles. The lowest BCUT2D eigenvalue weighted by atomic mass is 10.0. The average Bonchev–Trinajstić information content (AvgIpc) is 3.36. The topological polar surface area (TPSA) is 72.3 Å². The summed E-state index contributed by atoms with van der Waals surface area (Å²) in [6, 6.07) is 7.10. The largest absolute Gasteiger partial charge is 0.416 e. The Bertz CT molecular complexity index is 1170. The molecule has 142 valence electrons. The van der Waals surface area contributed by atoms with Crippen molar-refractivity contribution in [1.29, 1.82) is 0 Å². The van der Waals surface area contributed by atoms with E-state index in [0.717, 1.165) is 46.5 Å². The third-order valence-electron chi connectivity index (χ3n) is 5.20. The standard InChI is InChI=1S/C19H15F3N6/c1-10-13-8-14(23-9-15(13)25-24-10)18-27-26-17-7-6-16(28(17)18)11-2-4-12(5-3-11)19(20,21)22/h2-5,8-9,16H,6-7H2,1H3,(H,24,25). The van der Waals surface area contributed by atoms with Gasteiger partial charge in [0.05, 0.1) is 17.8 Å². The Morgan fingerprint density at radius 2 is 1.93 bits per heavy atom. The molecule has 0 saturated heterocycles. The van der Waals surface area contributed by atoms with Crippen molar-refractivity contribution in [3.05, 3.63) is 59.2 Å². The quantitative estimate of drug-likeness (QED) is 0.565. The van der Waals surface area contributed by atoms with Crippen molar-refractivity contribution in [2.45, 2.75) is 32.0 Å². The second-order valence-corrected chi connectivity index (χ2v) is 6.92. The summed E-state index contributed by atoms with van der Waals surface area (Å²) in [6.07, 6.45) is -1.19. The van der Waals surface area contributed by atoms with Crippen LogP contribution in [0.2, 0.25) is 0 Å². The number of halogens is 3. The minimum absolute atomic E-state index is 0.120. The number of nitrogens with zero attached hydrogens (tertiary/aromatic N) is 5. The summed E-state index contributed by atoms with van der Waals surface area (Å²) in [4.78, 5) is 4.46. The van der Waals surface area contributed by atoms with Gasteiger partial charge < -0.3 is 4.57 Å². The summed E-state index contributed by atoms with van der Waals surface area (Å²) in [5, 5.41) is 16.6. The second-order valence-electron chi connectivity index (χ2n) is 6.92. The predicted molar refractivity (Wildman–Crippen MR) is 95.5 cm³/mol. The van der Waals surface area contributed by atoms with Crippen LogP contribution >= 0.6 is 0 Å². The number of aromatic nitrogens is 6. The first-order valence-corrected chi connectivity index (χ1v) is 8.84. The summed E-state index contributed by atoms with van der Waals surface area (Å²) >= 11 is 0. The summed E-state index contributed by atoms with van der Waals surface area (Å²) in [5.41, 5.74) is 2.50. The van der Waals surface area contributed by atoms with Gasteiger partial charge in [0, 0.05) is 17.5 Å². The lowest BCUT2D eigenvalue weighted by molar-refractivity contribution is -0.137. The molecular weight excluding hydrogens is 369 g/mol. The van der Waals surface area contributed by atoms with Crippen LogP contribution < -0.4 is 0 Å². The third-order valence-corrected chi connectivity index (χ3v) is 5.20. The number of H-pyrrole nitrogens is 1. The monoisotopic (exact) mass is 384 g/mol.